The van der Waals surface area contributed by atoms with Crippen LogP contribution in [0.1, 0.15) is 11.4 Å². The number of hydrogen-bond acceptors (Lipinski definition) is 6. The molecule has 0 atom stereocenters. The van der Waals surface area contributed by atoms with Crippen LogP contribution in [0, 0.1) is 22.7 Å². The van der Waals surface area contributed by atoms with Crippen molar-refractivity contribution in [2.45, 2.75) is 0 Å². The lowest BCUT2D eigenvalue weighted by Gasteiger charge is -2.27. The third-order valence-corrected chi connectivity index (χ3v) is 8.49. The van der Waals surface area contributed by atoms with E-state index in [0.29, 0.717) is 11.0 Å². The maximum Gasteiger partial charge on any atom is 0.177 e. The lowest BCUT2D eigenvalue weighted by Crippen LogP contribution is -2.10. The second-order valence-corrected chi connectivity index (χ2v) is 11.3. The monoisotopic (exact) mass is 614 g/mol. The highest BCUT2D eigenvalue weighted by atomic mass is 15.1. The third-order valence-electron chi connectivity index (χ3n) is 8.49. The zero-order valence-corrected chi connectivity index (χ0v) is 25.7. The number of nitriles is 2. The van der Waals surface area contributed by atoms with Crippen LogP contribution in [-0.4, -0.2) is 9.97 Å². The molecule has 0 bridgehead atoms. The molecule has 0 unspecified atom stereocenters. The zero-order chi connectivity index (χ0) is 32.5. The standard InChI is InChI=1S/C42H26N6/c43-27-39-40(28-44)46-42-36-24-22-34(48(31-17-9-3-10-18-31)32-19-11-4-12-20-32)26-38(36)37-25-33(21-23-35(37)41(42)45-39)47(29-13-5-1-6-14-29)30-15-7-2-8-16-30/h1-26H. The van der Waals surface area contributed by atoms with Gasteiger partial charge in [-0.1, -0.05) is 84.9 Å². The van der Waals surface area contributed by atoms with E-state index in [1.165, 1.54) is 0 Å². The zero-order valence-electron chi connectivity index (χ0n) is 25.7. The van der Waals surface area contributed by atoms with Crippen molar-refractivity contribution >= 4 is 66.7 Å². The molecule has 0 N–H and O–H groups in total. The van der Waals surface area contributed by atoms with Crippen molar-refractivity contribution < 1.29 is 0 Å². The number of fused-ring (bicyclic) bond motifs is 6. The van der Waals surface area contributed by atoms with E-state index in [-0.39, 0.29) is 11.4 Å². The molecule has 7 aromatic carbocycles. The Kier molecular flexibility index (Phi) is 7.15. The molecule has 0 fully saturated rings. The third kappa shape index (κ3) is 4.91. The summed E-state index contributed by atoms with van der Waals surface area (Å²) in [6, 6.07) is 57.9. The van der Waals surface area contributed by atoms with E-state index in [9.17, 15) is 10.5 Å². The van der Waals surface area contributed by atoms with Crippen molar-refractivity contribution in [2.75, 3.05) is 9.80 Å². The maximum absolute atomic E-state index is 9.86. The minimum atomic E-state index is 0.0147. The minimum absolute atomic E-state index is 0.0147. The first-order valence-corrected chi connectivity index (χ1v) is 15.6. The summed E-state index contributed by atoms with van der Waals surface area (Å²) in [6.07, 6.45) is 0. The predicted molar refractivity (Wildman–Crippen MR) is 193 cm³/mol. The number of nitrogens with zero attached hydrogens (tertiary/aromatic N) is 6. The van der Waals surface area contributed by atoms with Crippen molar-refractivity contribution in [1.29, 1.82) is 10.5 Å². The Labute approximate surface area is 277 Å². The van der Waals surface area contributed by atoms with Gasteiger partial charge in [0.2, 0.25) is 0 Å². The summed E-state index contributed by atoms with van der Waals surface area (Å²) < 4.78 is 0. The molecule has 0 saturated heterocycles. The molecule has 8 rings (SSSR count). The van der Waals surface area contributed by atoms with Crippen LogP contribution in [0.25, 0.3) is 32.6 Å². The van der Waals surface area contributed by atoms with E-state index < -0.39 is 0 Å². The van der Waals surface area contributed by atoms with E-state index in [2.05, 4.69) is 94.7 Å². The molecule has 0 amide bonds. The lowest BCUT2D eigenvalue weighted by molar-refractivity contribution is 1.21. The molecule has 0 aliphatic heterocycles. The van der Waals surface area contributed by atoms with Crippen molar-refractivity contribution in [3.05, 3.63) is 169 Å². The Morgan fingerprint density at radius 2 is 0.667 bits per heavy atom. The molecule has 0 saturated carbocycles. The summed E-state index contributed by atoms with van der Waals surface area (Å²) in [6.45, 7) is 0. The van der Waals surface area contributed by atoms with Crippen molar-refractivity contribution in [3.63, 3.8) is 0 Å². The first-order valence-electron chi connectivity index (χ1n) is 15.6. The fourth-order valence-corrected chi connectivity index (χ4v) is 6.37. The second-order valence-electron chi connectivity index (χ2n) is 11.3. The van der Waals surface area contributed by atoms with Crippen molar-refractivity contribution in [2.24, 2.45) is 0 Å². The van der Waals surface area contributed by atoms with Gasteiger partial charge in [0.05, 0.1) is 11.0 Å². The number of para-hydroxylation sites is 4. The highest BCUT2D eigenvalue weighted by Crippen LogP contribution is 2.43. The van der Waals surface area contributed by atoms with Crippen LogP contribution in [0.2, 0.25) is 0 Å². The van der Waals surface area contributed by atoms with Gasteiger partial charge >= 0.3 is 0 Å². The SMILES string of the molecule is N#Cc1nc2c3ccc(N(c4ccccc4)c4ccccc4)cc3c3cc(N(c4ccccc4)c4ccccc4)ccc3c2nc1C#N. The highest BCUT2D eigenvalue weighted by molar-refractivity contribution is 6.24. The van der Waals surface area contributed by atoms with Crippen LogP contribution in [0.4, 0.5) is 34.1 Å². The maximum atomic E-state index is 9.86. The molecule has 0 aliphatic carbocycles. The Morgan fingerprint density at radius 3 is 0.958 bits per heavy atom. The summed E-state index contributed by atoms with van der Waals surface area (Å²) in [5.41, 5.74) is 7.24. The van der Waals surface area contributed by atoms with Crippen LogP contribution in [0.15, 0.2) is 158 Å². The smallest absolute Gasteiger partial charge is 0.177 e. The van der Waals surface area contributed by atoms with Crippen LogP contribution >= 0.6 is 0 Å². The molecule has 0 spiro atoms. The topological polar surface area (TPSA) is 79.8 Å². The van der Waals surface area contributed by atoms with Gasteiger partial charge in [-0.25, -0.2) is 9.97 Å². The fourth-order valence-electron chi connectivity index (χ4n) is 6.37. The number of hydrogen-bond donors (Lipinski definition) is 0. The van der Waals surface area contributed by atoms with Crippen molar-refractivity contribution in [3.8, 4) is 12.1 Å². The minimum Gasteiger partial charge on any atom is -0.310 e. The molecule has 6 nitrogen and oxygen atoms in total. The summed E-state index contributed by atoms with van der Waals surface area (Å²) in [5.74, 6) is 0. The Bertz CT molecular complexity index is 2260. The normalized spacial score (nSPS) is 10.9. The van der Waals surface area contributed by atoms with Gasteiger partial charge in [-0.15, -0.1) is 0 Å². The van der Waals surface area contributed by atoms with E-state index >= 15 is 0 Å². The van der Waals surface area contributed by atoms with E-state index in [1.54, 1.807) is 0 Å². The van der Waals surface area contributed by atoms with Crippen LogP contribution in [0.5, 0.6) is 0 Å². The molecule has 0 aliphatic rings. The summed E-state index contributed by atoms with van der Waals surface area (Å²) in [4.78, 5) is 13.9. The molecule has 1 heterocycles. The molecule has 224 valence electrons. The van der Waals surface area contributed by atoms with Gasteiger partial charge in [0.1, 0.15) is 12.1 Å². The largest absolute Gasteiger partial charge is 0.310 e. The van der Waals surface area contributed by atoms with E-state index in [1.807, 2.05) is 84.9 Å². The number of rotatable bonds is 6. The molecule has 48 heavy (non-hydrogen) atoms. The number of aromatic nitrogens is 2. The summed E-state index contributed by atoms with van der Waals surface area (Å²) >= 11 is 0. The summed E-state index contributed by atoms with van der Waals surface area (Å²) in [5, 5.41) is 23.3. The average Bonchev–Trinajstić information content (AvgIpc) is 3.16. The van der Waals surface area contributed by atoms with Gasteiger partial charge in [-0.3, -0.25) is 0 Å². The highest BCUT2D eigenvalue weighted by Gasteiger charge is 2.20. The molecule has 8 aromatic rings. The van der Waals surface area contributed by atoms with Crippen LogP contribution < -0.4 is 9.80 Å². The van der Waals surface area contributed by atoms with Crippen molar-refractivity contribution in [1.82, 2.24) is 9.97 Å². The average molecular weight is 615 g/mol. The molecule has 6 heteroatoms. The Hall–Kier alpha value is -7.02. The lowest BCUT2D eigenvalue weighted by atomic mass is 9.97. The van der Waals surface area contributed by atoms with Gasteiger partial charge in [-0.05, 0) is 83.6 Å². The predicted octanol–water partition coefficient (Wildman–Crippen LogP) is 10.6. The number of benzene rings is 7. The van der Waals surface area contributed by atoms with Gasteiger partial charge in [0.25, 0.3) is 0 Å². The summed E-state index contributed by atoms with van der Waals surface area (Å²) in [7, 11) is 0. The molecule has 0 radical (unpaired) electrons. The van der Waals surface area contributed by atoms with Crippen LogP contribution in [-0.2, 0) is 0 Å². The number of anilines is 6. The van der Waals surface area contributed by atoms with Gasteiger partial charge in [0, 0.05) is 44.9 Å². The fraction of sp³-hybridized carbons (Fsp3) is 0. The second kappa shape index (κ2) is 12.1. The van der Waals surface area contributed by atoms with Gasteiger partial charge < -0.3 is 9.80 Å². The van der Waals surface area contributed by atoms with Gasteiger partial charge in [0.15, 0.2) is 11.4 Å². The first-order chi connectivity index (χ1) is 23.7. The molecular formula is C42H26N6. The Morgan fingerprint density at radius 1 is 0.354 bits per heavy atom. The first kappa shape index (κ1) is 28.5. The van der Waals surface area contributed by atoms with Gasteiger partial charge in [-0.2, -0.15) is 10.5 Å². The Balaban J connectivity index is 1.46. The quantitative estimate of drug-likeness (QED) is 0.173. The van der Waals surface area contributed by atoms with E-state index in [0.717, 1.165) is 55.7 Å². The van der Waals surface area contributed by atoms with Crippen LogP contribution in [0.3, 0.4) is 0 Å². The molecule has 1 aromatic heterocycles. The van der Waals surface area contributed by atoms with E-state index in [4.69, 9.17) is 9.97 Å². The molecular weight excluding hydrogens is 589 g/mol.